The van der Waals surface area contributed by atoms with Crippen LogP contribution in [0.2, 0.25) is 0 Å². The van der Waals surface area contributed by atoms with E-state index in [4.69, 9.17) is 0 Å². The fourth-order valence-corrected chi connectivity index (χ4v) is 2.39. The Hall–Kier alpha value is -0.280. The fourth-order valence-electron chi connectivity index (χ4n) is 0.992. The van der Waals surface area contributed by atoms with Gasteiger partial charge in [-0.05, 0) is 40.7 Å². The number of hydrogen-bond donors (Lipinski definition) is 0. The second kappa shape index (κ2) is 4.82. The van der Waals surface area contributed by atoms with E-state index in [1.807, 2.05) is 18.2 Å². The molecule has 0 radical (unpaired) electrons. The quantitative estimate of drug-likeness (QED) is 0.607. The Labute approximate surface area is 91.0 Å². The Balaban J connectivity index is 2.98. The van der Waals surface area contributed by atoms with E-state index in [1.54, 1.807) is 18.7 Å². The molecule has 1 nitrogen and oxygen atoms in total. The van der Waals surface area contributed by atoms with Gasteiger partial charge in [0, 0.05) is 14.9 Å². The van der Waals surface area contributed by atoms with Gasteiger partial charge in [-0.2, -0.15) is 0 Å². The summed E-state index contributed by atoms with van der Waals surface area (Å²) in [5.41, 5.74) is 0.757. The largest absolute Gasteiger partial charge is 0.295 e. The highest BCUT2D eigenvalue weighted by atomic mass is 79.9. The summed E-state index contributed by atoms with van der Waals surface area (Å²) >= 11 is 5.21. The van der Waals surface area contributed by atoms with Crippen molar-refractivity contribution in [1.82, 2.24) is 0 Å². The lowest BCUT2D eigenvalue weighted by atomic mass is 10.2. The van der Waals surface area contributed by atoms with Crippen molar-refractivity contribution < 1.29 is 4.79 Å². The molecule has 1 rings (SSSR count). The Morgan fingerprint density at radius 3 is 2.69 bits per heavy atom. The van der Waals surface area contributed by atoms with E-state index >= 15 is 0 Å². The SMILES string of the molecule is CCSc1ccc(C(C)=O)cc1Br. The van der Waals surface area contributed by atoms with Crippen molar-refractivity contribution in [2.24, 2.45) is 0 Å². The van der Waals surface area contributed by atoms with Crippen LogP contribution in [-0.4, -0.2) is 11.5 Å². The number of ketones is 1. The van der Waals surface area contributed by atoms with Crippen LogP contribution < -0.4 is 0 Å². The van der Waals surface area contributed by atoms with Gasteiger partial charge in [0.1, 0.15) is 0 Å². The fraction of sp³-hybridized carbons (Fsp3) is 0.300. The minimum atomic E-state index is 0.105. The molecule has 0 aromatic heterocycles. The molecule has 13 heavy (non-hydrogen) atoms. The van der Waals surface area contributed by atoms with E-state index in [-0.39, 0.29) is 5.78 Å². The number of benzene rings is 1. The van der Waals surface area contributed by atoms with Crippen LogP contribution in [0.3, 0.4) is 0 Å². The van der Waals surface area contributed by atoms with Gasteiger partial charge in [0.2, 0.25) is 0 Å². The lowest BCUT2D eigenvalue weighted by Crippen LogP contribution is -1.91. The minimum Gasteiger partial charge on any atom is -0.295 e. The molecule has 0 spiro atoms. The Morgan fingerprint density at radius 2 is 2.23 bits per heavy atom. The van der Waals surface area contributed by atoms with Crippen molar-refractivity contribution in [3.8, 4) is 0 Å². The smallest absolute Gasteiger partial charge is 0.159 e. The molecule has 0 bridgehead atoms. The average Bonchev–Trinajstić information content (AvgIpc) is 2.08. The third kappa shape index (κ3) is 2.85. The summed E-state index contributed by atoms with van der Waals surface area (Å²) in [6, 6.07) is 5.72. The summed E-state index contributed by atoms with van der Waals surface area (Å²) in [7, 11) is 0. The van der Waals surface area contributed by atoms with Crippen LogP contribution in [-0.2, 0) is 0 Å². The first-order valence-electron chi connectivity index (χ1n) is 4.08. The molecule has 0 saturated carbocycles. The Kier molecular flexibility index (Phi) is 4.00. The highest BCUT2D eigenvalue weighted by molar-refractivity contribution is 9.10. The Bertz CT molecular complexity index is 323. The molecule has 0 aliphatic carbocycles. The normalized spacial score (nSPS) is 10.1. The number of carbonyl (C=O) groups is 1. The molecule has 70 valence electrons. The summed E-state index contributed by atoms with van der Waals surface area (Å²) in [5.74, 6) is 1.15. The number of hydrogen-bond acceptors (Lipinski definition) is 2. The van der Waals surface area contributed by atoms with Gasteiger partial charge < -0.3 is 0 Å². The third-order valence-corrected chi connectivity index (χ3v) is 3.51. The van der Waals surface area contributed by atoms with Crippen molar-refractivity contribution >= 4 is 33.5 Å². The van der Waals surface area contributed by atoms with Gasteiger partial charge in [-0.3, -0.25) is 4.79 Å². The topological polar surface area (TPSA) is 17.1 Å². The van der Waals surface area contributed by atoms with Gasteiger partial charge in [0.15, 0.2) is 5.78 Å². The monoisotopic (exact) mass is 258 g/mol. The zero-order chi connectivity index (χ0) is 9.84. The van der Waals surface area contributed by atoms with Gasteiger partial charge in [0.05, 0.1) is 0 Å². The molecule has 1 aromatic carbocycles. The molecule has 0 heterocycles. The molecular weight excluding hydrogens is 248 g/mol. The first kappa shape index (κ1) is 10.8. The van der Waals surface area contributed by atoms with E-state index in [0.717, 1.165) is 15.8 Å². The highest BCUT2D eigenvalue weighted by Crippen LogP contribution is 2.28. The Morgan fingerprint density at radius 1 is 1.54 bits per heavy atom. The van der Waals surface area contributed by atoms with Crippen LogP contribution >= 0.6 is 27.7 Å². The van der Waals surface area contributed by atoms with Crippen molar-refractivity contribution in [3.63, 3.8) is 0 Å². The van der Waals surface area contributed by atoms with Gasteiger partial charge in [-0.15, -0.1) is 11.8 Å². The second-order valence-corrected chi connectivity index (χ2v) is 4.79. The van der Waals surface area contributed by atoms with E-state index in [2.05, 4.69) is 22.9 Å². The molecule has 0 amide bonds. The molecule has 0 N–H and O–H groups in total. The number of rotatable bonds is 3. The lowest BCUT2D eigenvalue weighted by Gasteiger charge is -2.03. The van der Waals surface area contributed by atoms with E-state index in [1.165, 1.54) is 4.90 Å². The minimum absolute atomic E-state index is 0.105. The molecule has 0 unspecified atom stereocenters. The maximum Gasteiger partial charge on any atom is 0.159 e. The predicted molar refractivity (Wildman–Crippen MR) is 60.5 cm³/mol. The predicted octanol–water partition coefficient (Wildman–Crippen LogP) is 3.76. The van der Waals surface area contributed by atoms with Gasteiger partial charge >= 0.3 is 0 Å². The van der Waals surface area contributed by atoms with Crippen molar-refractivity contribution in [1.29, 1.82) is 0 Å². The highest BCUT2D eigenvalue weighted by Gasteiger charge is 2.03. The van der Waals surface area contributed by atoms with E-state index < -0.39 is 0 Å². The number of Topliss-reactive ketones (excluding diaryl/α,β-unsaturated/α-hetero) is 1. The van der Waals surface area contributed by atoms with Crippen molar-refractivity contribution in [2.75, 3.05) is 5.75 Å². The molecule has 0 saturated heterocycles. The summed E-state index contributed by atoms with van der Waals surface area (Å²) in [4.78, 5) is 12.2. The lowest BCUT2D eigenvalue weighted by molar-refractivity contribution is 0.101. The van der Waals surface area contributed by atoms with Gasteiger partial charge in [0.25, 0.3) is 0 Å². The van der Waals surface area contributed by atoms with Crippen LogP contribution in [0.4, 0.5) is 0 Å². The molecular formula is C10H11BrOS. The van der Waals surface area contributed by atoms with Crippen LogP contribution in [0.25, 0.3) is 0 Å². The zero-order valence-electron chi connectivity index (χ0n) is 7.63. The summed E-state index contributed by atoms with van der Waals surface area (Å²) < 4.78 is 1.01. The summed E-state index contributed by atoms with van der Waals surface area (Å²) in [6.07, 6.45) is 0. The van der Waals surface area contributed by atoms with E-state index in [9.17, 15) is 4.79 Å². The third-order valence-electron chi connectivity index (χ3n) is 1.64. The zero-order valence-corrected chi connectivity index (χ0v) is 10.0. The molecule has 0 atom stereocenters. The van der Waals surface area contributed by atoms with Crippen LogP contribution in [0, 0.1) is 0 Å². The average molecular weight is 259 g/mol. The first-order valence-corrected chi connectivity index (χ1v) is 5.86. The number of thioether (sulfide) groups is 1. The van der Waals surface area contributed by atoms with Gasteiger partial charge in [-0.1, -0.05) is 13.0 Å². The molecule has 1 aromatic rings. The van der Waals surface area contributed by atoms with Crippen LogP contribution in [0.5, 0.6) is 0 Å². The second-order valence-electron chi connectivity index (χ2n) is 2.63. The standard InChI is InChI=1S/C10H11BrOS/c1-3-13-10-5-4-8(7(2)12)6-9(10)11/h4-6H,3H2,1-2H3. The van der Waals surface area contributed by atoms with Crippen LogP contribution in [0.15, 0.2) is 27.6 Å². The number of carbonyl (C=O) groups excluding carboxylic acids is 1. The van der Waals surface area contributed by atoms with Gasteiger partial charge in [-0.25, -0.2) is 0 Å². The maximum atomic E-state index is 11.0. The van der Waals surface area contributed by atoms with Crippen molar-refractivity contribution in [2.45, 2.75) is 18.7 Å². The molecule has 0 fully saturated rings. The van der Waals surface area contributed by atoms with E-state index in [0.29, 0.717) is 0 Å². The van der Waals surface area contributed by atoms with Crippen molar-refractivity contribution in [3.05, 3.63) is 28.2 Å². The summed E-state index contributed by atoms with van der Waals surface area (Å²) in [5, 5.41) is 0. The molecule has 0 aliphatic rings. The summed E-state index contributed by atoms with van der Waals surface area (Å²) in [6.45, 7) is 3.68. The molecule has 3 heteroatoms. The number of halogens is 1. The van der Waals surface area contributed by atoms with Crippen LogP contribution in [0.1, 0.15) is 24.2 Å². The maximum absolute atomic E-state index is 11.0. The molecule has 0 aliphatic heterocycles. The first-order chi connectivity index (χ1) is 6.15.